The second-order valence-electron chi connectivity index (χ2n) is 5.84. The minimum atomic E-state index is -4.18. The molecule has 2 rings (SSSR count). The molecular formula is C18H20BrFN2O3S2. The summed E-state index contributed by atoms with van der Waals surface area (Å²) in [7, 11) is -4.18. The maximum Gasteiger partial charge on any atom is 0.244 e. The van der Waals surface area contributed by atoms with Crippen molar-refractivity contribution >= 4 is 49.3 Å². The van der Waals surface area contributed by atoms with Crippen LogP contribution in [0, 0.1) is 12.7 Å². The zero-order valence-electron chi connectivity index (χ0n) is 14.8. The van der Waals surface area contributed by atoms with Crippen molar-refractivity contribution in [2.75, 3.05) is 17.3 Å². The van der Waals surface area contributed by atoms with Crippen LogP contribution < -0.4 is 10.0 Å². The lowest BCUT2D eigenvalue weighted by molar-refractivity contribution is -0.117. The lowest BCUT2D eigenvalue weighted by atomic mass is 10.2. The zero-order valence-corrected chi connectivity index (χ0v) is 18.0. The number of hydrogen-bond donors (Lipinski definition) is 2. The average molecular weight is 475 g/mol. The minimum Gasteiger partial charge on any atom is -0.325 e. The van der Waals surface area contributed by atoms with Gasteiger partial charge in [-0.1, -0.05) is 28.1 Å². The highest BCUT2D eigenvalue weighted by atomic mass is 79.9. The second kappa shape index (κ2) is 9.68. The molecule has 0 aromatic heterocycles. The van der Waals surface area contributed by atoms with E-state index in [9.17, 15) is 17.6 Å². The Kier molecular flexibility index (Phi) is 7.84. The highest BCUT2D eigenvalue weighted by Gasteiger charge is 2.27. The molecule has 2 aromatic carbocycles. The van der Waals surface area contributed by atoms with Crippen molar-refractivity contribution in [1.29, 1.82) is 0 Å². The Morgan fingerprint density at radius 1 is 1.26 bits per heavy atom. The van der Waals surface area contributed by atoms with Gasteiger partial charge in [0.05, 0.1) is 0 Å². The molecule has 0 saturated heterocycles. The molecule has 0 aliphatic heterocycles. The number of carbonyl (C=O) groups is 1. The van der Waals surface area contributed by atoms with E-state index in [1.54, 1.807) is 18.2 Å². The smallest absolute Gasteiger partial charge is 0.244 e. The van der Waals surface area contributed by atoms with E-state index in [0.717, 1.165) is 16.1 Å². The van der Waals surface area contributed by atoms with Crippen LogP contribution in [0.4, 0.5) is 10.1 Å². The maximum absolute atomic E-state index is 13.9. The van der Waals surface area contributed by atoms with Crippen molar-refractivity contribution < 1.29 is 17.6 Å². The molecule has 9 heteroatoms. The number of rotatable bonds is 8. The third kappa shape index (κ3) is 6.03. The molecule has 0 heterocycles. The highest BCUT2D eigenvalue weighted by Crippen LogP contribution is 2.21. The lowest BCUT2D eigenvalue weighted by Gasteiger charge is -2.19. The molecule has 0 bridgehead atoms. The summed E-state index contributed by atoms with van der Waals surface area (Å²) in [4.78, 5) is 12.2. The normalized spacial score (nSPS) is 12.6. The number of nitrogens with one attached hydrogen (secondary N) is 2. The highest BCUT2D eigenvalue weighted by molar-refractivity contribution is 9.10. The lowest BCUT2D eigenvalue weighted by Crippen LogP contribution is -2.44. The minimum absolute atomic E-state index is 0.274. The summed E-state index contributed by atoms with van der Waals surface area (Å²) in [6.45, 7) is 1.88. The fourth-order valence-electron chi connectivity index (χ4n) is 2.34. The molecule has 1 amide bonds. The molecule has 2 N–H and O–H groups in total. The summed E-state index contributed by atoms with van der Waals surface area (Å²) >= 11 is 4.88. The summed E-state index contributed by atoms with van der Waals surface area (Å²) in [5, 5.41) is 2.72. The van der Waals surface area contributed by atoms with Crippen LogP contribution in [-0.4, -0.2) is 32.4 Å². The molecule has 1 unspecified atom stereocenters. The number of amides is 1. The van der Waals surface area contributed by atoms with Crippen LogP contribution in [0.25, 0.3) is 0 Å². The molecular weight excluding hydrogens is 455 g/mol. The number of thioether (sulfide) groups is 1. The van der Waals surface area contributed by atoms with Gasteiger partial charge in [-0.25, -0.2) is 12.8 Å². The van der Waals surface area contributed by atoms with E-state index in [0.29, 0.717) is 11.4 Å². The second-order valence-corrected chi connectivity index (χ2v) is 9.36. The molecule has 0 fully saturated rings. The Morgan fingerprint density at radius 3 is 2.59 bits per heavy atom. The summed E-state index contributed by atoms with van der Waals surface area (Å²) in [6, 6.07) is 9.33. The van der Waals surface area contributed by atoms with Gasteiger partial charge in [0.2, 0.25) is 15.9 Å². The van der Waals surface area contributed by atoms with Crippen molar-refractivity contribution in [3.05, 3.63) is 58.3 Å². The number of halogens is 2. The van der Waals surface area contributed by atoms with Crippen LogP contribution in [-0.2, 0) is 14.8 Å². The molecule has 0 aliphatic rings. The molecule has 2 aromatic rings. The topological polar surface area (TPSA) is 75.3 Å². The Hall–Kier alpha value is -1.42. The first-order valence-electron chi connectivity index (χ1n) is 8.07. The third-order valence-electron chi connectivity index (χ3n) is 3.78. The molecule has 27 heavy (non-hydrogen) atoms. The predicted molar refractivity (Wildman–Crippen MR) is 111 cm³/mol. The van der Waals surface area contributed by atoms with Gasteiger partial charge in [0.1, 0.15) is 16.8 Å². The number of benzene rings is 2. The number of anilines is 1. The maximum atomic E-state index is 13.9. The zero-order chi connectivity index (χ0) is 20.0. The van der Waals surface area contributed by atoms with Crippen molar-refractivity contribution in [3.8, 4) is 0 Å². The first kappa shape index (κ1) is 21.9. The van der Waals surface area contributed by atoms with Gasteiger partial charge in [0.15, 0.2) is 0 Å². The van der Waals surface area contributed by atoms with Gasteiger partial charge in [-0.3, -0.25) is 4.79 Å². The average Bonchev–Trinajstić information content (AvgIpc) is 2.61. The Bertz CT molecular complexity index is 923. The predicted octanol–water partition coefficient (Wildman–Crippen LogP) is 3.94. The molecule has 5 nitrogen and oxygen atoms in total. The van der Waals surface area contributed by atoms with Gasteiger partial charge in [0, 0.05) is 10.2 Å². The quantitative estimate of drug-likeness (QED) is 0.607. The fourth-order valence-corrected chi connectivity index (χ4v) is 4.37. The Balaban J connectivity index is 2.22. The first-order chi connectivity index (χ1) is 12.7. The SMILES string of the molecule is CSCCC(NS(=O)(=O)c1ccccc1F)C(=O)Nc1ccc(Br)c(C)c1. The molecule has 0 radical (unpaired) electrons. The number of sulfonamides is 1. The van der Waals surface area contributed by atoms with Crippen LogP contribution in [0.2, 0.25) is 0 Å². The van der Waals surface area contributed by atoms with Crippen LogP contribution in [0.15, 0.2) is 51.8 Å². The summed E-state index contributed by atoms with van der Waals surface area (Å²) in [6.07, 6.45) is 2.13. The Morgan fingerprint density at radius 2 is 1.96 bits per heavy atom. The first-order valence-corrected chi connectivity index (χ1v) is 11.7. The summed E-state index contributed by atoms with van der Waals surface area (Å²) in [5.74, 6) is -0.791. The van der Waals surface area contributed by atoms with E-state index in [1.165, 1.54) is 30.0 Å². The van der Waals surface area contributed by atoms with E-state index in [4.69, 9.17) is 0 Å². The summed E-state index contributed by atoms with van der Waals surface area (Å²) in [5.41, 5.74) is 1.49. The van der Waals surface area contributed by atoms with Crippen molar-refractivity contribution in [2.45, 2.75) is 24.3 Å². The van der Waals surface area contributed by atoms with Crippen molar-refractivity contribution in [2.24, 2.45) is 0 Å². The molecule has 146 valence electrons. The van der Waals surface area contributed by atoms with Gasteiger partial charge in [0.25, 0.3) is 0 Å². The number of hydrogen-bond acceptors (Lipinski definition) is 4. The summed E-state index contributed by atoms with van der Waals surface area (Å²) < 4.78 is 42.2. The Labute approximate surface area is 171 Å². The van der Waals surface area contributed by atoms with E-state index in [1.807, 2.05) is 13.2 Å². The molecule has 0 saturated carbocycles. The standard InChI is InChI=1S/C18H20BrFN2O3S2/c1-12-11-13(7-8-14(12)19)21-18(23)16(9-10-26-2)22-27(24,25)17-6-4-3-5-15(17)20/h3-8,11,16,22H,9-10H2,1-2H3,(H,21,23). The van der Waals surface area contributed by atoms with Crippen LogP contribution >= 0.6 is 27.7 Å². The number of aryl methyl sites for hydroxylation is 1. The van der Waals surface area contributed by atoms with Gasteiger partial charge < -0.3 is 5.32 Å². The van der Waals surface area contributed by atoms with Crippen LogP contribution in [0.3, 0.4) is 0 Å². The van der Waals surface area contributed by atoms with Crippen LogP contribution in [0.5, 0.6) is 0 Å². The van der Waals surface area contributed by atoms with Crippen molar-refractivity contribution in [3.63, 3.8) is 0 Å². The molecule has 0 aliphatic carbocycles. The molecule has 1 atom stereocenters. The largest absolute Gasteiger partial charge is 0.325 e. The monoisotopic (exact) mass is 474 g/mol. The van der Waals surface area contributed by atoms with E-state index in [-0.39, 0.29) is 6.42 Å². The van der Waals surface area contributed by atoms with Gasteiger partial charge in [-0.05, 0) is 61.2 Å². The fraction of sp³-hybridized carbons (Fsp3) is 0.278. The van der Waals surface area contributed by atoms with Crippen LogP contribution in [0.1, 0.15) is 12.0 Å². The van der Waals surface area contributed by atoms with Gasteiger partial charge in [-0.2, -0.15) is 16.5 Å². The van der Waals surface area contributed by atoms with Gasteiger partial charge >= 0.3 is 0 Å². The van der Waals surface area contributed by atoms with Crippen molar-refractivity contribution in [1.82, 2.24) is 4.72 Å². The van der Waals surface area contributed by atoms with E-state index >= 15 is 0 Å². The van der Waals surface area contributed by atoms with Gasteiger partial charge in [-0.15, -0.1) is 0 Å². The van der Waals surface area contributed by atoms with E-state index < -0.39 is 32.7 Å². The van der Waals surface area contributed by atoms with E-state index in [2.05, 4.69) is 26.0 Å². The third-order valence-corrected chi connectivity index (χ3v) is 6.81. The number of carbonyl (C=O) groups excluding carboxylic acids is 1. The molecule has 0 spiro atoms.